The van der Waals surface area contributed by atoms with E-state index in [0.29, 0.717) is 5.92 Å². The van der Waals surface area contributed by atoms with Crippen LogP contribution in [0.3, 0.4) is 0 Å². The van der Waals surface area contributed by atoms with Crippen LogP contribution >= 0.6 is 0 Å². The lowest BCUT2D eigenvalue weighted by molar-refractivity contribution is 0.245. The molecule has 16 heavy (non-hydrogen) atoms. The van der Waals surface area contributed by atoms with E-state index in [1.165, 1.54) is 5.69 Å². The Balaban J connectivity index is 2.27. The third-order valence-corrected chi connectivity index (χ3v) is 3.65. The van der Waals surface area contributed by atoms with Crippen molar-refractivity contribution in [2.75, 3.05) is 23.8 Å². The minimum atomic E-state index is 0.227. The molecular formula is C13H20N2O. The highest BCUT2D eigenvalue weighted by molar-refractivity contribution is 5.59. The molecule has 2 atom stereocenters. The van der Waals surface area contributed by atoms with Crippen molar-refractivity contribution in [2.24, 2.45) is 5.92 Å². The van der Waals surface area contributed by atoms with E-state index >= 15 is 0 Å². The van der Waals surface area contributed by atoms with Gasteiger partial charge in [0.05, 0.1) is 12.6 Å². The number of aryl methyl sites for hydroxylation is 1. The first kappa shape index (κ1) is 11.3. The van der Waals surface area contributed by atoms with Crippen LogP contribution in [-0.2, 0) is 0 Å². The normalized spacial score (nSPS) is 25.1. The zero-order valence-corrected chi connectivity index (χ0v) is 9.98. The van der Waals surface area contributed by atoms with E-state index < -0.39 is 0 Å². The summed E-state index contributed by atoms with van der Waals surface area (Å²) in [6.07, 6.45) is 1.15. The molecule has 1 aliphatic rings. The summed E-state index contributed by atoms with van der Waals surface area (Å²) in [5, 5.41) is 9.43. The molecule has 2 unspecified atom stereocenters. The Morgan fingerprint density at radius 3 is 2.88 bits per heavy atom. The number of hydrogen-bond acceptors (Lipinski definition) is 3. The van der Waals surface area contributed by atoms with Crippen LogP contribution in [0.4, 0.5) is 11.4 Å². The summed E-state index contributed by atoms with van der Waals surface area (Å²) in [7, 11) is 0. The minimum absolute atomic E-state index is 0.227. The lowest BCUT2D eigenvalue weighted by Crippen LogP contribution is -2.35. The van der Waals surface area contributed by atoms with Gasteiger partial charge in [0.15, 0.2) is 0 Å². The standard InChI is InChI=1S/C13H20N2O/c1-9-5-6-15(13(9)8-16)11-3-4-12(14)10(2)7-11/h3-4,7,9,13,16H,5-6,8,14H2,1-2H3. The molecule has 0 spiro atoms. The largest absolute Gasteiger partial charge is 0.399 e. The van der Waals surface area contributed by atoms with E-state index in [1.54, 1.807) is 0 Å². The average molecular weight is 220 g/mol. The van der Waals surface area contributed by atoms with Crippen molar-refractivity contribution in [1.82, 2.24) is 0 Å². The number of nitrogens with zero attached hydrogens (tertiary/aromatic N) is 1. The monoisotopic (exact) mass is 220 g/mol. The molecule has 0 amide bonds. The molecule has 1 saturated heterocycles. The summed E-state index contributed by atoms with van der Waals surface area (Å²) >= 11 is 0. The second-order valence-electron chi connectivity index (χ2n) is 4.75. The summed E-state index contributed by atoms with van der Waals surface area (Å²) in [6, 6.07) is 6.35. The third-order valence-electron chi connectivity index (χ3n) is 3.65. The van der Waals surface area contributed by atoms with E-state index in [4.69, 9.17) is 5.73 Å². The van der Waals surface area contributed by atoms with Crippen LogP contribution in [0.2, 0.25) is 0 Å². The van der Waals surface area contributed by atoms with Crippen LogP contribution in [-0.4, -0.2) is 24.3 Å². The zero-order chi connectivity index (χ0) is 11.7. The molecule has 3 heteroatoms. The van der Waals surface area contributed by atoms with Gasteiger partial charge in [0.1, 0.15) is 0 Å². The maximum absolute atomic E-state index is 9.43. The Morgan fingerprint density at radius 2 is 2.25 bits per heavy atom. The first-order valence-corrected chi connectivity index (χ1v) is 5.87. The number of anilines is 2. The van der Waals surface area contributed by atoms with Crippen LogP contribution in [0.1, 0.15) is 18.9 Å². The Bertz CT molecular complexity index is 378. The van der Waals surface area contributed by atoms with Crippen molar-refractivity contribution in [1.29, 1.82) is 0 Å². The Morgan fingerprint density at radius 1 is 1.50 bits per heavy atom. The van der Waals surface area contributed by atoms with Gasteiger partial charge < -0.3 is 15.7 Å². The number of nitrogen functional groups attached to an aromatic ring is 1. The van der Waals surface area contributed by atoms with Gasteiger partial charge in [-0.2, -0.15) is 0 Å². The van der Waals surface area contributed by atoms with E-state index in [2.05, 4.69) is 17.9 Å². The predicted octanol–water partition coefficient (Wildman–Crippen LogP) is 1.78. The van der Waals surface area contributed by atoms with Crippen LogP contribution in [0.5, 0.6) is 0 Å². The molecule has 0 saturated carbocycles. The van der Waals surface area contributed by atoms with E-state index in [0.717, 1.165) is 24.2 Å². The number of benzene rings is 1. The molecule has 1 aromatic rings. The fourth-order valence-corrected chi connectivity index (χ4v) is 2.45. The summed E-state index contributed by atoms with van der Waals surface area (Å²) in [4.78, 5) is 2.29. The summed E-state index contributed by atoms with van der Waals surface area (Å²) in [5.74, 6) is 0.558. The van der Waals surface area contributed by atoms with Gasteiger partial charge in [-0.3, -0.25) is 0 Å². The number of nitrogens with two attached hydrogens (primary N) is 1. The second kappa shape index (κ2) is 4.34. The summed E-state index contributed by atoms with van der Waals surface area (Å²) in [5.41, 5.74) is 8.93. The molecule has 0 radical (unpaired) electrons. The molecule has 3 nitrogen and oxygen atoms in total. The number of aliphatic hydroxyl groups is 1. The Labute approximate surface area is 96.9 Å². The van der Waals surface area contributed by atoms with E-state index in [9.17, 15) is 5.11 Å². The van der Waals surface area contributed by atoms with Crippen molar-refractivity contribution in [2.45, 2.75) is 26.3 Å². The highest BCUT2D eigenvalue weighted by Gasteiger charge is 2.30. The molecule has 3 N–H and O–H groups in total. The van der Waals surface area contributed by atoms with Crippen molar-refractivity contribution in [3.05, 3.63) is 23.8 Å². The maximum atomic E-state index is 9.43. The molecule has 1 heterocycles. The van der Waals surface area contributed by atoms with Gasteiger partial charge in [-0.1, -0.05) is 6.92 Å². The molecule has 88 valence electrons. The minimum Gasteiger partial charge on any atom is -0.399 e. The topological polar surface area (TPSA) is 49.5 Å². The average Bonchev–Trinajstić information content (AvgIpc) is 2.63. The number of hydrogen-bond donors (Lipinski definition) is 2. The van der Waals surface area contributed by atoms with Gasteiger partial charge in [-0.15, -0.1) is 0 Å². The van der Waals surface area contributed by atoms with Crippen molar-refractivity contribution in [3.63, 3.8) is 0 Å². The molecule has 1 aromatic carbocycles. The van der Waals surface area contributed by atoms with Crippen molar-refractivity contribution in [3.8, 4) is 0 Å². The highest BCUT2D eigenvalue weighted by Crippen LogP contribution is 2.30. The fourth-order valence-electron chi connectivity index (χ4n) is 2.45. The van der Waals surface area contributed by atoms with Crippen LogP contribution < -0.4 is 10.6 Å². The molecule has 0 bridgehead atoms. The molecule has 2 rings (SSSR count). The predicted molar refractivity (Wildman–Crippen MR) is 67.6 cm³/mol. The first-order valence-electron chi connectivity index (χ1n) is 5.87. The number of aliphatic hydroxyl groups excluding tert-OH is 1. The lowest BCUT2D eigenvalue weighted by atomic mass is 10.0. The van der Waals surface area contributed by atoms with E-state index in [-0.39, 0.29) is 12.6 Å². The number of rotatable bonds is 2. The first-order chi connectivity index (χ1) is 7.63. The second-order valence-corrected chi connectivity index (χ2v) is 4.75. The van der Waals surface area contributed by atoms with Gasteiger partial charge >= 0.3 is 0 Å². The third kappa shape index (κ3) is 1.87. The molecular weight excluding hydrogens is 200 g/mol. The molecule has 0 aromatic heterocycles. The van der Waals surface area contributed by atoms with Crippen LogP contribution in [0, 0.1) is 12.8 Å². The Kier molecular flexibility index (Phi) is 3.06. The van der Waals surface area contributed by atoms with Crippen molar-refractivity contribution >= 4 is 11.4 Å². The van der Waals surface area contributed by atoms with Gasteiger partial charge in [0.25, 0.3) is 0 Å². The lowest BCUT2D eigenvalue weighted by Gasteiger charge is -2.27. The maximum Gasteiger partial charge on any atom is 0.0637 e. The zero-order valence-electron chi connectivity index (χ0n) is 9.98. The molecule has 0 aliphatic carbocycles. The summed E-state index contributed by atoms with van der Waals surface area (Å²) < 4.78 is 0. The molecule has 1 aliphatic heterocycles. The smallest absolute Gasteiger partial charge is 0.0637 e. The van der Waals surface area contributed by atoms with Gasteiger partial charge in [0, 0.05) is 17.9 Å². The Hall–Kier alpha value is -1.22. The van der Waals surface area contributed by atoms with Gasteiger partial charge in [-0.05, 0) is 43.0 Å². The van der Waals surface area contributed by atoms with Gasteiger partial charge in [0.2, 0.25) is 0 Å². The van der Waals surface area contributed by atoms with Gasteiger partial charge in [-0.25, -0.2) is 0 Å². The van der Waals surface area contributed by atoms with Crippen LogP contribution in [0.15, 0.2) is 18.2 Å². The molecule has 1 fully saturated rings. The quantitative estimate of drug-likeness (QED) is 0.747. The highest BCUT2D eigenvalue weighted by atomic mass is 16.3. The fraction of sp³-hybridized carbons (Fsp3) is 0.538. The van der Waals surface area contributed by atoms with Crippen molar-refractivity contribution < 1.29 is 5.11 Å². The van der Waals surface area contributed by atoms with E-state index in [1.807, 2.05) is 19.1 Å². The van der Waals surface area contributed by atoms with Crippen LogP contribution in [0.25, 0.3) is 0 Å². The SMILES string of the molecule is Cc1cc(N2CCC(C)C2CO)ccc1N. The summed E-state index contributed by atoms with van der Waals surface area (Å²) in [6.45, 7) is 5.47.